The first-order valence-corrected chi connectivity index (χ1v) is 6.21. The van der Waals surface area contributed by atoms with Crippen molar-refractivity contribution < 1.29 is 4.79 Å². The summed E-state index contributed by atoms with van der Waals surface area (Å²) in [6, 6.07) is 3.85. The molecular formula is C13H19N3O. The van der Waals surface area contributed by atoms with Crippen LogP contribution in [0.25, 0.3) is 0 Å². The highest BCUT2D eigenvalue weighted by Gasteiger charge is 2.16. The lowest BCUT2D eigenvalue weighted by Crippen LogP contribution is -2.34. The number of rotatable bonds is 4. The molecule has 0 saturated carbocycles. The fraction of sp³-hybridized carbons (Fsp3) is 0.538. The lowest BCUT2D eigenvalue weighted by atomic mass is 9.96. The van der Waals surface area contributed by atoms with E-state index in [2.05, 4.69) is 15.6 Å². The molecule has 4 nitrogen and oxygen atoms in total. The van der Waals surface area contributed by atoms with E-state index in [9.17, 15) is 4.79 Å². The predicted molar refractivity (Wildman–Crippen MR) is 66.3 cm³/mol. The largest absolute Gasteiger partial charge is 0.352 e. The molecule has 0 radical (unpaired) electrons. The molecule has 1 aliphatic rings. The van der Waals surface area contributed by atoms with Crippen molar-refractivity contribution in [3.05, 3.63) is 30.1 Å². The number of carbonyl (C=O) groups is 1. The highest BCUT2D eigenvalue weighted by atomic mass is 16.1. The number of nitrogens with one attached hydrogen (secondary N) is 2. The lowest BCUT2D eigenvalue weighted by Gasteiger charge is -2.22. The van der Waals surface area contributed by atoms with E-state index in [0.717, 1.165) is 25.1 Å². The number of hydrogen-bond acceptors (Lipinski definition) is 3. The van der Waals surface area contributed by atoms with Crippen LogP contribution in [0, 0.1) is 5.92 Å². The van der Waals surface area contributed by atoms with E-state index in [-0.39, 0.29) is 5.91 Å². The molecule has 92 valence electrons. The minimum absolute atomic E-state index is 0.141. The minimum atomic E-state index is 0.141. The second-order valence-corrected chi connectivity index (χ2v) is 4.55. The zero-order valence-corrected chi connectivity index (χ0v) is 9.98. The summed E-state index contributed by atoms with van der Waals surface area (Å²) in [5.74, 6) is 0.639. The van der Waals surface area contributed by atoms with E-state index < -0.39 is 0 Å². The van der Waals surface area contributed by atoms with Crippen molar-refractivity contribution in [2.45, 2.75) is 25.8 Å². The summed E-state index contributed by atoms with van der Waals surface area (Å²) < 4.78 is 0. The van der Waals surface area contributed by atoms with Gasteiger partial charge in [-0.2, -0.15) is 0 Å². The Morgan fingerprint density at radius 1 is 1.59 bits per heavy atom. The number of aromatic nitrogens is 1. The molecule has 0 bridgehead atoms. The Kier molecular flexibility index (Phi) is 4.50. The molecule has 1 saturated heterocycles. The molecule has 0 spiro atoms. The van der Waals surface area contributed by atoms with Gasteiger partial charge in [0.25, 0.3) is 0 Å². The van der Waals surface area contributed by atoms with Crippen LogP contribution < -0.4 is 10.6 Å². The fourth-order valence-corrected chi connectivity index (χ4v) is 2.14. The maximum absolute atomic E-state index is 11.7. The van der Waals surface area contributed by atoms with Crippen LogP contribution in [0.2, 0.25) is 0 Å². The third-order valence-electron chi connectivity index (χ3n) is 3.09. The molecule has 1 aromatic rings. The SMILES string of the molecule is O=C(CC1CCCNC1)NCc1cccnc1. The quantitative estimate of drug-likeness (QED) is 0.818. The minimum Gasteiger partial charge on any atom is -0.352 e. The molecule has 2 N–H and O–H groups in total. The molecule has 4 heteroatoms. The zero-order valence-electron chi connectivity index (χ0n) is 9.98. The van der Waals surface area contributed by atoms with Crippen LogP contribution >= 0.6 is 0 Å². The first-order valence-electron chi connectivity index (χ1n) is 6.21. The third-order valence-corrected chi connectivity index (χ3v) is 3.09. The van der Waals surface area contributed by atoms with Crippen LogP contribution in [0.1, 0.15) is 24.8 Å². The van der Waals surface area contributed by atoms with Gasteiger partial charge in [0.05, 0.1) is 0 Å². The van der Waals surface area contributed by atoms with Gasteiger partial charge in [-0.25, -0.2) is 0 Å². The summed E-state index contributed by atoms with van der Waals surface area (Å²) in [6.07, 6.45) is 6.49. The van der Waals surface area contributed by atoms with Gasteiger partial charge in [-0.05, 0) is 43.5 Å². The topological polar surface area (TPSA) is 54.0 Å². The van der Waals surface area contributed by atoms with Crippen LogP contribution in [-0.2, 0) is 11.3 Å². The Hall–Kier alpha value is -1.42. The van der Waals surface area contributed by atoms with Crippen molar-refractivity contribution in [2.24, 2.45) is 5.92 Å². The highest BCUT2D eigenvalue weighted by molar-refractivity contribution is 5.76. The maximum Gasteiger partial charge on any atom is 0.220 e. The van der Waals surface area contributed by atoms with E-state index in [1.54, 1.807) is 12.4 Å². The van der Waals surface area contributed by atoms with E-state index >= 15 is 0 Å². The average Bonchev–Trinajstić information content (AvgIpc) is 2.39. The summed E-state index contributed by atoms with van der Waals surface area (Å²) >= 11 is 0. The van der Waals surface area contributed by atoms with Crippen LogP contribution in [-0.4, -0.2) is 24.0 Å². The van der Waals surface area contributed by atoms with Gasteiger partial charge < -0.3 is 10.6 Å². The Bertz CT molecular complexity index is 347. The molecule has 2 rings (SSSR count). The summed E-state index contributed by atoms with van der Waals surface area (Å²) in [5, 5.41) is 6.26. The van der Waals surface area contributed by atoms with Gasteiger partial charge in [0.15, 0.2) is 0 Å². The smallest absolute Gasteiger partial charge is 0.220 e. The second kappa shape index (κ2) is 6.35. The van der Waals surface area contributed by atoms with Gasteiger partial charge in [0.1, 0.15) is 0 Å². The highest BCUT2D eigenvalue weighted by Crippen LogP contribution is 2.13. The summed E-state index contributed by atoms with van der Waals surface area (Å²) in [4.78, 5) is 15.7. The molecule has 1 aromatic heterocycles. The van der Waals surface area contributed by atoms with Crippen molar-refractivity contribution in [3.8, 4) is 0 Å². The molecule has 0 aromatic carbocycles. The molecule has 0 aliphatic carbocycles. The molecule has 17 heavy (non-hydrogen) atoms. The van der Waals surface area contributed by atoms with Crippen LogP contribution in [0.4, 0.5) is 0 Å². The predicted octanol–water partition coefficient (Wildman–Crippen LogP) is 1.09. The van der Waals surface area contributed by atoms with E-state index in [1.165, 1.54) is 6.42 Å². The van der Waals surface area contributed by atoms with Gasteiger partial charge in [-0.3, -0.25) is 9.78 Å². The van der Waals surface area contributed by atoms with Gasteiger partial charge in [0.2, 0.25) is 5.91 Å². The van der Waals surface area contributed by atoms with E-state index in [1.807, 2.05) is 12.1 Å². The van der Waals surface area contributed by atoms with Crippen LogP contribution in [0.5, 0.6) is 0 Å². The molecule has 1 aliphatic heterocycles. The van der Waals surface area contributed by atoms with Crippen LogP contribution in [0.15, 0.2) is 24.5 Å². The third kappa shape index (κ3) is 4.15. The van der Waals surface area contributed by atoms with Crippen molar-refractivity contribution in [1.82, 2.24) is 15.6 Å². The molecule has 1 amide bonds. The normalized spacial score (nSPS) is 19.9. The van der Waals surface area contributed by atoms with Crippen molar-refractivity contribution in [2.75, 3.05) is 13.1 Å². The van der Waals surface area contributed by atoms with Gasteiger partial charge >= 0.3 is 0 Å². The maximum atomic E-state index is 11.7. The Morgan fingerprint density at radius 2 is 2.53 bits per heavy atom. The molecule has 2 heterocycles. The first-order chi connectivity index (χ1) is 8.34. The molecular weight excluding hydrogens is 214 g/mol. The summed E-state index contributed by atoms with van der Waals surface area (Å²) in [5.41, 5.74) is 1.04. The second-order valence-electron chi connectivity index (χ2n) is 4.55. The number of nitrogens with zero attached hydrogens (tertiary/aromatic N) is 1. The first kappa shape index (κ1) is 12.0. The zero-order chi connectivity index (χ0) is 11.9. The van der Waals surface area contributed by atoms with Crippen molar-refractivity contribution >= 4 is 5.91 Å². The fourth-order valence-electron chi connectivity index (χ4n) is 2.14. The number of hydrogen-bond donors (Lipinski definition) is 2. The summed E-state index contributed by atoms with van der Waals surface area (Å²) in [6.45, 7) is 2.64. The van der Waals surface area contributed by atoms with E-state index in [0.29, 0.717) is 18.9 Å². The van der Waals surface area contributed by atoms with Gasteiger partial charge in [-0.1, -0.05) is 6.07 Å². The Morgan fingerprint density at radius 3 is 3.24 bits per heavy atom. The number of pyridine rings is 1. The summed E-state index contributed by atoms with van der Waals surface area (Å²) in [7, 11) is 0. The van der Waals surface area contributed by atoms with Gasteiger partial charge in [0, 0.05) is 25.4 Å². The van der Waals surface area contributed by atoms with E-state index in [4.69, 9.17) is 0 Å². The Balaban J connectivity index is 1.70. The molecule has 1 unspecified atom stereocenters. The van der Waals surface area contributed by atoms with Crippen molar-refractivity contribution in [3.63, 3.8) is 0 Å². The van der Waals surface area contributed by atoms with Gasteiger partial charge in [-0.15, -0.1) is 0 Å². The monoisotopic (exact) mass is 233 g/mol. The van der Waals surface area contributed by atoms with Crippen molar-refractivity contribution in [1.29, 1.82) is 0 Å². The Labute approximate surface area is 102 Å². The number of piperidine rings is 1. The number of amides is 1. The standard InChI is InChI=1S/C13H19N3O/c17-13(7-11-3-1-5-14-8-11)16-10-12-4-2-6-15-9-12/h2,4,6,9,11,14H,1,3,5,7-8,10H2,(H,16,17). The number of carbonyl (C=O) groups excluding carboxylic acids is 1. The average molecular weight is 233 g/mol. The molecule has 1 fully saturated rings. The lowest BCUT2D eigenvalue weighted by molar-refractivity contribution is -0.122. The molecule has 1 atom stereocenters. The van der Waals surface area contributed by atoms with Crippen LogP contribution in [0.3, 0.4) is 0 Å².